The second-order valence-corrected chi connectivity index (χ2v) is 5.83. The van der Waals surface area contributed by atoms with Crippen LogP contribution in [0.3, 0.4) is 0 Å². The maximum absolute atomic E-state index is 14.0. The topological polar surface area (TPSA) is 24.5 Å². The number of hydrogen-bond donors (Lipinski definition) is 1. The van der Waals surface area contributed by atoms with E-state index in [1.807, 2.05) is 12.1 Å². The molecular formula is C17H27FN2O. The van der Waals surface area contributed by atoms with E-state index in [4.69, 9.17) is 4.74 Å². The molecule has 1 N–H and O–H groups in total. The van der Waals surface area contributed by atoms with Crippen molar-refractivity contribution >= 4 is 0 Å². The maximum atomic E-state index is 14.0. The van der Waals surface area contributed by atoms with Crippen LogP contribution >= 0.6 is 0 Å². The molecule has 1 atom stereocenters. The van der Waals surface area contributed by atoms with Crippen LogP contribution in [0.5, 0.6) is 0 Å². The molecule has 0 radical (unpaired) electrons. The highest BCUT2D eigenvalue weighted by Crippen LogP contribution is 2.22. The molecule has 1 aliphatic rings. The third-order valence-electron chi connectivity index (χ3n) is 4.28. The average molecular weight is 294 g/mol. The molecule has 0 aliphatic carbocycles. The van der Waals surface area contributed by atoms with Crippen LogP contribution in [0.2, 0.25) is 0 Å². The Balaban J connectivity index is 1.93. The SMILES string of the molecule is CCNC(CN1CCC(COC)CC1)c1ccccc1F. The third kappa shape index (κ3) is 4.77. The highest BCUT2D eigenvalue weighted by Gasteiger charge is 2.23. The molecule has 1 fully saturated rings. The van der Waals surface area contributed by atoms with Crippen LogP contribution < -0.4 is 5.32 Å². The summed E-state index contributed by atoms with van der Waals surface area (Å²) < 4.78 is 19.2. The number of ether oxygens (including phenoxy) is 1. The van der Waals surface area contributed by atoms with Gasteiger partial charge >= 0.3 is 0 Å². The fourth-order valence-electron chi connectivity index (χ4n) is 3.11. The minimum Gasteiger partial charge on any atom is -0.384 e. The van der Waals surface area contributed by atoms with Gasteiger partial charge in [0.05, 0.1) is 0 Å². The van der Waals surface area contributed by atoms with Crippen LogP contribution in [-0.2, 0) is 4.74 Å². The second kappa shape index (κ2) is 8.47. The summed E-state index contributed by atoms with van der Waals surface area (Å²) in [7, 11) is 1.77. The number of piperidine rings is 1. The Bertz CT molecular complexity index is 419. The largest absolute Gasteiger partial charge is 0.384 e. The van der Waals surface area contributed by atoms with Crippen molar-refractivity contribution in [2.24, 2.45) is 5.92 Å². The number of halogens is 1. The zero-order valence-electron chi connectivity index (χ0n) is 13.1. The first-order valence-corrected chi connectivity index (χ1v) is 7.93. The molecule has 1 aliphatic heterocycles. The van der Waals surface area contributed by atoms with Crippen LogP contribution in [0.15, 0.2) is 24.3 Å². The van der Waals surface area contributed by atoms with E-state index in [1.54, 1.807) is 19.2 Å². The molecule has 0 saturated carbocycles. The number of methoxy groups -OCH3 is 1. The summed E-state index contributed by atoms with van der Waals surface area (Å²) in [5.74, 6) is 0.565. The van der Waals surface area contributed by atoms with Crippen molar-refractivity contribution in [1.82, 2.24) is 10.2 Å². The molecule has 1 heterocycles. The lowest BCUT2D eigenvalue weighted by atomic mass is 9.96. The summed E-state index contributed by atoms with van der Waals surface area (Å²) in [6.07, 6.45) is 2.34. The molecule has 21 heavy (non-hydrogen) atoms. The van der Waals surface area contributed by atoms with Gasteiger partial charge in [-0.3, -0.25) is 0 Å². The standard InChI is InChI=1S/C17H27FN2O/c1-3-19-17(15-6-4-5-7-16(15)18)12-20-10-8-14(9-11-20)13-21-2/h4-7,14,17,19H,3,8-13H2,1-2H3. The normalized spacial score (nSPS) is 18.8. The molecule has 1 aromatic carbocycles. The highest BCUT2D eigenvalue weighted by atomic mass is 19.1. The fourth-order valence-corrected chi connectivity index (χ4v) is 3.11. The molecule has 0 amide bonds. The van der Waals surface area contributed by atoms with Gasteiger partial charge in [0.15, 0.2) is 0 Å². The molecule has 0 bridgehead atoms. The van der Waals surface area contributed by atoms with Crippen molar-refractivity contribution in [3.05, 3.63) is 35.6 Å². The molecule has 3 nitrogen and oxygen atoms in total. The van der Waals surface area contributed by atoms with Crippen molar-refractivity contribution in [3.63, 3.8) is 0 Å². The van der Waals surface area contributed by atoms with E-state index in [9.17, 15) is 4.39 Å². The predicted octanol–water partition coefficient (Wildman–Crippen LogP) is 2.83. The average Bonchev–Trinajstić information content (AvgIpc) is 2.50. The van der Waals surface area contributed by atoms with Gasteiger partial charge in [-0.15, -0.1) is 0 Å². The molecule has 1 saturated heterocycles. The van der Waals surface area contributed by atoms with E-state index >= 15 is 0 Å². The summed E-state index contributed by atoms with van der Waals surface area (Å²) in [6, 6.07) is 7.16. The minimum absolute atomic E-state index is 0.0650. The van der Waals surface area contributed by atoms with E-state index in [0.29, 0.717) is 5.92 Å². The van der Waals surface area contributed by atoms with Gasteiger partial charge in [0, 0.05) is 31.9 Å². The molecule has 1 unspecified atom stereocenters. The van der Waals surface area contributed by atoms with E-state index in [0.717, 1.165) is 38.3 Å². The van der Waals surface area contributed by atoms with Gasteiger partial charge in [-0.25, -0.2) is 4.39 Å². The lowest BCUT2D eigenvalue weighted by molar-refractivity contribution is 0.0951. The van der Waals surface area contributed by atoms with E-state index in [-0.39, 0.29) is 11.9 Å². The van der Waals surface area contributed by atoms with Gasteiger partial charge in [0.25, 0.3) is 0 Å². The van der Waals surface area contributed by atoms with Crippen LogP contribution in [0, 0.1) is 11.7 Å². The third-order valence-corrected chi connectivity index (χ3v) is 4.28. The van der Waals surface area contributed by atoms with E-state index < -0.39 is 0 Å². The summed E-state index contributed by atoms with van der Waals surface area (Å²) in [5, 5.41) is 3.42. The fraction of sp³-hybridized carbons (Fsp3) is 0.647. The van der Waals surface area contributed by atoms with Crippen molar-refractivity contribution in [2.75, 3.05) is 39.9 Å². The predicted molar refractivity (Wildman–Crippen MR) is 83.9 cm³/mol. The van der Waals surface area contributed by atoms with Crippen LogP contribution in [0.25, 0.3) is 0 Å². The first-order chi connectivity index (χ1) is 10.2. The zero-order valence-corrected chi connectivity index (χ0v) is 13.1. The Hall–Kier alpha value is -0.970. The highest BCUT2D eigenvalue weighted by molar-refractivity contribution is 5.21. The summed E-state index contributed by atoms with van der Waals surface area (Å²) in [4.78, 5) is 2.44. The molecular weight excluding hydrogens is 267 g/mol. The van der Waals surface area contributed by atoms with Gasteiger partial charge in [0.1, 0.15) is 5.82 Å². The van der Waals surface area contributed by atoms with Crippen LogP contribution in [-0.4, -0.2) is 44.8 Å². The molecule has 1 aromatic rings. The Labute approximate surface area is 127 Å². The van der Waals surface area contributed by atoms with Crippen LogP contribution in [0.1, 0.15) is 31.4 Å². The van der Waals surface area contributed by atoms with Crippen molar-refractivity contribution in [3.8, 4) is 0 Å². The van der Waals surface area contributed by atoms with Crippen molar-refractivity contribution in [1.29, 1.82) is 0 Å². The van der Waals surface area contributed by atoms with Crippen molar-refractivity contribution in [2.45, 2.75) is 25.8 Å². The van der Waals surface area contributed by atoms with Gasteiger partial charge in [0.2, 0.25) is 0 Å². The Kier molecular flexibility index (Phi) is 6.61. The monoisotopic (exact) mass is 294 g/mol. The number of nitrogens with one attached hydrogen (secondary N) is 1. The Morgan fingerprint density at radius 1 is 1.33 bits per heavy atom. The Morgan fingerprint density at radius 2 is 2.05 bits per heavy atom. The van der Waals surface area contributed by atoms with Gasteiger partial charge < -0.3 is 15.0 Å². The number of likely N-dealkylation sites (tertiary alicyclic amines) is 1. The number of nitrogens with zero attached hydrogens (tertiary/aromatic N) is 1. The molecule has 0 aromatic heterocycles. The van der Waals surface area contributed by atoms with E-state index in [1.165, 1.54) is 12.8 Å². The number of hydrogen-bond acceptors (Lipinski definition) is 3. The molecule has 2 rings (SSSR count). The molecule has 4 heteroatoms. The molecule has 0 spiro atoms. The van der Waals surface area contributed by atoms with Gasteiger partial charge in [-0.1, -0.05) is 25.1 Å². The number of likely N-dealkylation sites (N-methyl/N-ethyl adjacent to an activating group) is 1. The number of rotatable bonds is 7. The maximum Gasteiger partial charge on any atom is 0.128 e. The van der Waals surface area contributed by atoms with Gasteiger partial charge in [-0.05, 0) is 44.5 Å². The number of benzene rings is 1. The van der Waals surface area contributed by atoms with Gasteiger partial charge in [-0.2, -0.15) is 0 Å². The first kappa shape index (κ1) is 16.4. The van der Waals surface area contributed by atoms with E-state index in [2.05, 4.69) is 17.1 Å². The smallest absolute Gasteiger partial charge is 0.128 e. The Morgan fingerprint density at radius 3 is 2.67 bits per heavy atom. The first-order valence-electron chi connectivity index (χ1n) is 7.93. The summed E-state index contributed by atoms with van der Waals surface area (Å²) in [6.45, 7) is 6.79. The molecule has 118 valence electrons. The van der Waals surface area contributed by atoms with Crippen molar-refractivity contribution < 1.29 is 9.13 Å². The zero-order chi connectivity index (χ0) is 15.1. The lowest BCUT2D eigenvalue weighted by Gasteiger charge is -2.34. The summed E-state index contributed by atoms with van der Waals surface area (Å²) in [5.41, 5.74) is 0.776. The quantitative estimate of drug-likeness (QED) is 0.837. The summed E-state index contributed by atoms with van der Waals surface area (Å²) >= 11 is 0. The minimum atomic E-state index is -0.113. The lowest BCUT2D eigenvalue weighted by Crippen LogP contribution is -2.41. The second-order valence-electron chi connectivity index (χ2n) is 5.83. The van der Waals surface area contributed by atoms with Crippen LogP contribution in [0.4, 0.5) is 4.39 Å².